The highest BCUT2D eigenvalue weighted by molar-refractivity contribution is 5.25. The lowest BCUT2D eigenvalue weighted by atomic mass is 9.99. The van der Waals surface area contributed by atoms with Crippen LogP contribution in [0.2, 0.25) is 0 Å². The first-order valence-electron chi connectivity index (χ1n) is 5.63. The molecule has 0 radical (unpaired) electrons. The molecule has 0 saturated carbocycles. The average Bonchev–Trinajstić information content (AvgIpc) is 2.15. The van der Waals surface area contributed by atoms with Gasteiger partial charge < -0.3 is 5.11 Å². The van der Waals surface area contributed by atoms with Gasteiger partial charge in [0.1, 0.15) is 0 Å². The molecule has 0 heterocycles. The van der Waals surface area contributed by atoms with E-state index in [4.69, 9.17) is 0 Å². The van der Waals surface area contributed by atoms with Crippen molar-refractivity contribution in [3.63, 3.8) is 0 Å². The molecule has 96 valence electrons. The van der Waals surface area contributed by atoms with Crippen molar-refractivity contribution in [3.8, 4) is 0 Å². The van der Waals surface area contributed by atoms with Crippen LogP contribution in [0.25, 0.3) is 0 Å². The Morgan fingerprint density at radius 2 is 1.65 bits per heavy atom. The van der Waals surface area contributed by atoms with E-state index in [0.717, 1.165) is 17.7 Å². The number of hydrogen-bond donors (Lipinski definition) is 1. The first kappa shape index (κ1) is 14.0. The summed E-state index contributed by atoms with van der Waals surface area (Å²) in [6, 6.07) is 4.95. The van der Waals surface area contributed by atoms with E-state index in [1.165, 1.54) is 12.1 Å². The van der Waals surface area contributed by atoms with Crippen LogP contribution in [0.3, 0.4) is 0 Å². The minimum atomic E-state index is -4.30. The van der Waals surface area contributed by atoms with Crippen LogP contribution in [0, 0.1) is 5.92 Å². The van der Waals surface area contributed by atoms with E-state index in [0.29, 0.717) is 18.8 Å². The summed E-state index contributed by atoms with van der Waals surface area (Å²) < 4.78 is 36.9. The summed E-state index contributed by atoms with van der Waals surface area (Å²) in [4.78, 5) is 0. The van der Waals surface area contributed by atoms with Gasteiger partial charge in [-0.15, -0.1) is 0 Å². The number of benzene rings is 1. The summed E-state index contributed by atoms with van der Waals surface area (Å²) in [5.74, 6) is 0.374. The molecule has 1 unspecified atom stereocenters. The molecular weight excluding hydrogens is 229 g/mol. The second-order valence-electron chi connectivity index (χ2n) is 4.68. The van der Waals surface area contributed by atoms with Crippen LogP contribution in [0.4, 0.5) is 13.2 Å². The quantitative estimate of drug-likeness (QED) is 0.859. The van der Waals surface area contributed by atoms with Gasteiger partial charge in [0.2, 0.25) is 0 Å². The lowest BCUT2D eigenvalue weighted by molar-refractivity contribution is -0.137. The highest BCUT2D eigenvalue weighted by Gasteiger charge is 2.29. The van der Waals surface area contributed by atoms with Crippen molar-refractivity contribution in [1.29, 1.82) is 0 Å². The van der Waals surface area contributed by atoms with Crippen LogP contribution in [-0.4, -0.2) is 11.2 Å². The van der Waals surface area contributed by atoms with E-state index >= 15 is 0 Å². The molecule has 0 aliphatic heterocycles. The number of alkyl halides is 3. The Kier molecular flexibility index (Phi) is 4.57. The van der Waals surface area contributed by atoms with Crippen LogP contribution in [0.5, 0.6) is 0 Å². The zero-order valence-corrected chi connectivity index (χ0v) is 9.96. The third-order valence-corrected chi connectivity index (χ3v) is 2.50. The molecule has 0 bridgehead atoms. The maximum atomic E-state index is 12.3. The SMILES string of the molecule is CC(C)CC(O)Cc1ccc(C(F)(F)F)cc1. The molecule has 0 aliphatic rings. The van der Waals surface area contributed by atoms with E-state index in [2.05, 4.69) is 0 Å². The molecule has 0 fully saturated rings. The number of halogens is 3. The molecule has 0 aliphatic carbocycles. The lowest BCUT2D eigenvalue weighted by Gasteiger charge is -2.13. The van der Waals surface area contributed by atoms with Crippen molar-refractivity contribution in [1.82, 2.24) is 0 Å². The third-order valence-electron chi connectivity index (χ3n) is 2.50. The van der Waals surface area contributed by atoms with Gasteiger partial charge in [0.05, 0.1) is 11.7 Å². The van der Waals surface area contributed by atoms with Crippen LogP contribution < -0.4 is 0 Å². The van der Waals surface area contributed by atoms with Gasteiger partial charge in [0.25, 0.3) is 0 Å². The predicted octanol–water partition coefficient (Wildman–Crippen LogP) is 3.65. The van der Waals surface area contributed by atoms with E-state index in [1.807, 2.05) is 13.8 Å². The van der Waals surface area contributed by atoms with Crippen LogP contribution in [0.15, 0.2) is 24.3 Å². The lowest BCUT2D eigenvalue weighted by Crippen LogP contribution is -2.13. The number of aliphatic hydroxyl groups excluding tert-OH is 1. The monoisotopic (exact) mass is 246 g/mol. The molecule has 4 heteroatoms. The van der Waals surface area contributed by atoms with Crippen molar-refractivity contribution in [2.24, 2.45) is 5.92 Å². The predicted molar refractivity (Wildman–Crippen MR) is 60.6 cm³/mol. The van der Waals surface area contributed by atoms with Gasteiger partial charge in [-0.1, -0.05) is 26.0 Å². The molecule has 1 aromatic carbocycles. The molecule has 1 nitrogen and oxygen atoms in total. The minimum absolute atomic E-state index is 0.374. The highest BCUT2D eigenvalue weighted by Crippen LogP contribution is 2.29. The first-order valence-corrected chi connectivity index (χ1v) is 5.63. The standard InChI is InChI=1S/C13H17F3O/c1-9(2)7-12(17)8-10-3-5-11(6-4-10)13(14,15)16/h3-6,9,12,17H,7-8H2,1-2H3. The number of hydrogen-bond acceptors (Lipinski definition) is 1. The summed E-state index contributed by atoms with van der Waals surface area (Å²) in [5.41, 5.74) is 0.0748. The fraction of sp³-hybridized carbons (Fsp3) is 0.538. The summed E-state index contributed by atoms with van der Waals surface area (Å²) in [6.45, 7) is 3.99. The van der Waals surface area contributed by atoms with Gasteiger partial charge in [-0.25, -0.2) is 0 Å². The van der Waals surface area contributed by atoms with E-state index < -0.39 is 17.8 Å². The van der Waals surface area contributed by atoms with Crippen LogP contribution >= 0.6 is 0 Å². The second-order valence-corrected chi connectivity index (χ2v) is 4.68. The topological polar surface area (TPSA) is 20.2 Å². The number of rotatable bonds is 4. The van der Waals surface area contributed by atoms with Gasteiger partial charge in [0.15, 0.2) is 0 Å². The van der Waals surface area contributed by atoms with Gasteiger partial charge in [-0.2, -0.15) is 13.2 Å². The fourth-order valence-electron chi connectivity index (χ4n) is 1.73. The Bertz CT molecular complexity index is 341. The van der Waals surface area contributed by atoms with Crippen LogP contribution in [0.1, 0.15) is 31.4 Å². The molecule has 0 spiro atoms. The molecular formula is C13H17F3O. The molecule has 1 atom stereocenters. The van der Waals surface area contributed by atoms with Gasteiger partial charge in [-0.3, -0.25) is 0 Å². The van der Waals surface area contributed by atoms with Crippen molar-refractivity contribution in [2.45, 2.75) is 39.0 Å². The van der Waals surface area contributed by atoms with Gasteiger partial charge >= 0.3 is 6.18 Å². The molecule has 0 saturated heterocycles. The Balaban J connectivity index is 2.63. The largest absolute Gasteiger partial charge is 0.416 e. The Morgan fingerprint density at radius 3 is 2.06 bits per heavy atom. The molecule has 1 aromatic rings. The highest BCUT2D eigenvalue weighted by atomic mass is 19.4. The molecule has 0 aromatic heterocycles. The maximum Gasteiger partial charge on any atom is 0.416 e. The van der Waals surface area contributed by atoms with Crippen molar-refractivity contribution >= 4 is 0 Å². The first-order chi connectivity index (χ1) is 7.79. The average molecular weight is 246 g/mol. The minimum Gasteiger partial charge on any atom is -0.393 e. The second kappa shape index (κ2) is 5.54. The van der Waals surface area contributed by atoms with Crippen molar-refractivity contribution in [3.05, 3.63) is 35.4 Å². The fourth-order valence-corrected chi connectivity index (χ4v) is 1.73. The summed E-state index contributed by atoms with van der Waals surface area (Å²) >= 11 is 0. The zero-order valence-electron chi connectivity index (χ0n) is 9.96. The van der Waals surface area contributed by atoms with Crippen LogP contribution in [-0.2, 0) is 12.6 Å². The van der Waals surface area contributed by atoms with Crippen molar-refractivity contribution in [2.75, 3.05) is 0 Å². The number of aliphatic hydroxyl groups is 1. The molecule has 1 rings (SSSR count). The van der Waals surface area contributed by atoms with E-state index in [-0.39, 0.29) is 0 Å². The van der Waals surface area contributed by atoms with E-state index in [1.54, 1.807) is 0 Å². The Hall–Kier alpha value is -1.03. The Labute approximate surface area is 99.3 Å². The molecule has 0 amide bonds. The maximum absolute atomic E-state index is 12.3. The van der Waals surface area contributed by atoms with Gasteiger partial charge in [-0.05, 0) is 36.5 Å². The van der Waals surface area contributed by atoms with E-state index in [9.17, 15) is 18.3 Å². The molecule has 1 N–H and O–H groups in total. The smallest absolute Gasteiger partial charge is 0.393 e. The zero-order chi connectivity index (χ0) is 13.1. The van der Waals surface area contributed by atoms with Gasteiger partial charge in [0, 0.05) is 0 Å². The summed E-state index contributed by atoms with van der Waals surface area (Å²) in [7, 11) is 0. The van der Waals surface area contributed by atoms with Crippen molar-refractivity contribution < 1.29 is 18.3 Å². The molecule has 17 heavy (non-hydrogen) atoms. The third kappa shape index (κ3) is 4.77. The summed E-state index contributed by atoms with van der Waals surface area (Å²) in [5, 5.41) is 9.68. The Morgan fingerprint density at radius 1 is 1.12 bits per heavy atom. The normalized spacial score (nSPS) is 14.1. The summed E-state index contributed by atoms with van der Waals surface area (Å²) in [6.07, 6.45) is -3.74.